The third kappa shape index (κ3) is 5.44. The van der Waals surface area contributed by atoms with Crippen LogP contribution in [-0.2, 0) is 4.74 Å². The smallest absolute Gasteiger partial charge is 0.126 e. The number of hydrogen-bond donors (Lipinski definition) is 2. The SMILES string of the molecule is O[C@@H](COC(c1ccc(Cl)cc1)c1ccc(Cl)cc1)C[NH+]1CCCC1. The molecule has 0 aliphatic carbocycles. The molecule has 1 fully saturated rings. The predicted molar refractivity (Wildman–Crippen MR) is 102 cm³/mol. The third-order valence-electron chi connectivity index (χ3n) is 4.64. The minimum absolute atomic E-state index is 0.252. The van der Waals surface area contributed by atoms with E-state index in [0.29, 0.717) is 16.7 Å². The average Bonchev–Trinajstić information content (AvgIpc) is 3.11. The number of nitrogens with one attached hydrogen (secondary N) is 1. The van der Waals surface area contributed by atoms with Crippen molar-refractivity contribution in [2.24, 2.45) is 0 Å². The number of aliphatic hydroxyl groups is 1. The molecule has 5 heteroatoms. The van der Waals surface area contributed by atoms with Crippen molar-refractivity contribution in [2.45, 2.75) is 25.0 Å². The van der Waals surface area contributed by atoms with Crippen LogP contribution < -0.4 is 4.90 Å². The van der Waals surface area contributed by atoms with Crippen molar-refractivity contribution in [3.63, 3.8) is 0 Å². The Kier molecular flexibility index (Phi) is 6.74. The molecule has 134 valence electrons. The molecule has 0 saturated carbocycles. The lowest BCUT2D eigenvalue weighted by atomic mass is 10.0. The second-order valence-electron chi connectivity index (χ2n) is 6.63. The Balaban J connectivity index is 1.69. The first-order chi connectivity index (χ1) is 12.1. The molecule has 0 radical (unpaired) electrons. The Morgan fingerprint density at radius 1 is 0.880 bits per heavy atom. The molecule has 0 bridgehead atoms. The zero-order valence-electron chi connectivity index (χ0n) is 14.1. The van der Waals surface area contributed by atoms with Gasteiger partial charge in [0, 0.05) is 22.9 Å². The van der Waals surface area contributed by atoms with E-state index in [-0.39, 0.29) is 6.10 Å². The number of benzene rings is 2. The third-order valence-corrected chi connectivity index (χ3v) is 5.14. The second-order valence-corrected chi connectivity index (χ2v) is 7.50. The molecule has 2 aromatic rings. The summed E-state index contributed by atoms with van der Waals surface area (Å²) in [5.41, 5.74) is 2.01. The zero-order valence-corrected chi connectivity index (χ0v) is 15.6. The molecule has 1 aliphatic rings. The van der Waals surface area contributed by atoms with Crippen LogP contribution >= 0.6 is 23.2 Å². The molecule has 2 aromatic carbocycles. The molecule has 0 unspecified atom stereocenters. The minimum Gasteiger partial charge on any atom is -0.385 e. The molecular formula is C20H24Cl2NO2+. The summed E-state index contributed by atoms with van der Waals surface area (Å²) in [5.74, 6) is 0. The molecular weight excluding hydrogens is 357 g/mol. The molecule has 3 nitrogen and oxygen atoms in total. The van der Waals surface area contributed by atoms with E-state index in [1.165, 1.54) is 17.7 Å². The van der Waals surface area contributed by atoms with E-state index in [9.17, 15) is 5.11 Å². The Bertz CT molecular complexity index is 609. The molecule has 0 spiro atoms. The molecule has 0 amide bonds. The fraction of sp³-hybridized carbons (Fsp3) is 0.400. The van der Waals surface area contributed by atoms with Gasteiger partial charge in [-0.2, -0.15) is 0 Å². The fourth-order valence-electron chi connectivity index (χ4n) is 3.34. The van der Waals surface area contributed by atoms with E-state index in [1.54, 1.807) is 0 Å². The van der Waals surface area contributed by atoms with Gasteiger partial charge in [0.15, 0.2) is 0 Å². The summed E-state index contributed by atoms with van der Waals surface area (Å²) in [6, 6.07) is 15.3. The summed E-state index contributed by atoms with van der Waals surface area (Å²) >= 11 is 12.0. The number of quaternary nitrogens is 1. The monoisotopic (exact) mass is 380 g/mol. The van der Waals surface area contributed by atoms with E-state index in [2.05, 4.69) is 0 Å². The number of aliphatic hydroxyl groups excluding tert-OH is 1. The van der Waals surface area contributed by atoms with Crippen molar-refractivity contribution >= 4 is 23.2 Å². The van der Waals surface area contributed by atoms with Crippen LogP contribution in [0.3, 0.4) is 0 Å². The van der Waals surface area contributed by atoms with Gasteiger partial charge in [-0.3, -0.25) is 0 Å². The molecule has 1 aliphatic heterocycles. The van der Waals surface area contributed by atoms with Gasteiger partial charge in [-0.05, 0) is 35.4 Å². The minimum atomic E-state index is -0.463. The fourth-order valence-corrected chi connectivity index (χ4v) is 3.59. The summed E-state index contributed by atoms with van der Waals surface area (Å²) in [5, 5.41) is 11.7. The average molecular weight is 381 g/mol. The van der Waals surface area contributed by atoms with Crippen molar-refractivity contribution in [2.75, 3.05) is 26.2 Å². The van der Waals surface area contributed by atoms with Crippen molar-refractivity contribution in [3.05, 3.63) is 69.7 Å². The van der Waals surface area contributed by atoms with Crippen LogP contribution in [-0.4, -0.2) is 37.5 Å². The van der Waals surface area contributed by atoms with Gasteiger partial charge >= 0.3 is 0 Å². The molecule has 1 heterocycles. The van der Waals surface area contributed by atoms with E-state index in [1.807, 2.05) is 48.5 Å². The normalized spacial score (nSPS) is 16.5. The molecule has 0 aromatic heterocycles. The van der Waals surface area contributed by atoms with Crippen molar-refractivity contribution in [3.8, 4) is 0 Å². The number of ether oxygens (including phenoxy) is 1. The first-order valence-electron chi connectivity index (χ1n) is 8.76. The maximum Gasteiger partial charge on any atom is 0.126 e. The van der Waals surface area contributed by atoms with Gasteiger partial charge in [0.05, 0.1) is 19.7 Å². The van der Waals surface area contributed by atoms with Gasteiger partial charge in [0.2, 0.25) is 0 Å². The molecule has 1 atom stereocenters. The predicted octanol–water partition coefficient (Wildman–Crippen LogP) is 3.14. The first kappa shape index (κ1) is 18.7. The zero-order chi connectivity index (χ0) is 17.6. The largest absolute Gasteiger partial charge is 0.385 e. The van der Waals surface area contributed by atoms with Crippen molar-refractivity contribution < 1.29 is 14.7 Å². The topological polar surface area (TPSA) is 33.9 Å². The number of rotatable bonds is 7. The maximum atomic E-state index is 10.4. The van der Waals surface area contributed by atoms with E-state index < -0.39 is 6.10 Å². The van der Waals surface area contributed by atoms with Gasteiger partial charge in [-0.1, -0.05) is 47.5 Å². The number of halogens is 2. The Morgan fingerprint density at radius 3 is 1.84 bits per heavy atom. The molecule has 25 heavy (non-hydrogen) atoms. The lowest BCUT2D eigenvalue weighted by Crippen LogP contribution is -3.11. The number of hydrogen-bond acceptors (Lipinski definition) is 2. The van der Waals surface area contributed by atoms with E-state index in [0.717, 1.165) is 30.8 Å². The quantitative estimate of drug-likeness (QED) is 0.773. The van der Waals surface area contributed by atoms with Crippen LogP contribution in [0.5, 0.6) is 0 Å². The van der Waals surface area contributed by atoms with Gasteiger partial charge in [-0.15, -0.1) is 0 Å². The summed E-state index contributed by atoms with van der Waals surface area (Å²) in [7, 11) is 0. The van der Waals surface area contributed by atoms with Crippen molar-refractivity contribution in [1.82, 2.24) is 0 Å². The highest BCUT2D eigenvalue weighted by Gasteiger charge is 2.22. The molecule has 2 N–H and O–H groups in total. The highest BCUT2D eigenvalue weighted by atomic mass is 35.5. The van der Waals surface area contributed by atoms with Crippen LogP contribution in [0.4, 0.5) is 0 Å². The van der Waals surface area contributed by atoms with Crippen molar-refractivity contribution in [1.29, 1.82) is 0 Å². The Labute approximate surface area is 159 Å². The molecule has 1 saturated heterocycles. The standard InChI is InChI=1S/C20H23Cl2NO2/c21-17-7-3-15(4-8-17)20(16-5-9-18(22)10-6-16)25-14-19(24)13-23-11-1-2-12-23/h3-10,19-20,24H,1-2,11-14H2/p+1/t19-/m1/s1. The number of likely N-dealkylation sites (tertiary alicyclic amines) is 1. The van der Waals surface area contributed by atoms with Crippen LogP contribution in [0, 0.1) is 0 Å². The van der Waals surface area contributed by atoms with Gasteiger partial charge < -0.3 is 14.7 Å². The summed E-state index contributed by atoms with van der Waals surface area (Å²) in [6.45, 7) is 3.34. The lowest BCUT2D eigenvalue weighted by Gasteiger charge is -2.22. The van der Waals surface area contributed by atoms with E-state index >= 15 is 0 Å². The lowest BCUT2D eigenvalue weighted by molar-refractivity contribution is -0.890. The first-order valence-corrected chi connectivity index (χ1v) is 9.51. The Hall–Kier alpha value is -1.10. The summed E-state index contributed by atoms with van der Waals surface area (Å²) < 4.78 is 6.12. The summed E-state index contributed by atoms with van der Waals surface area (Å²) in [6.07, 6.45) is 1.79. The van der Waals surface area contributed by atoms with Crippen LogP contribution in [0.2, 0.25) is 10.0 Å². The van der Waals surface area contributed by atoms with Gasteiger partial charge in [-0.25, -0.2) is 0 Å². The highest BCUT2D eigenvalue weighted by molar-refractivity contribution is 6.30. The maximum absolute atomic E-state index is 10.4. The van der Waals surface area contributed by atoms with Crippen LogP contribution in [0.1, 0.15) is 30.1 Å². The van der Waals surface area contributed by atoms with Gasteiger partial charge in [0.25, 0.3) is 0 Å². The summed E-state index contributed by atoms with van der Waals surface area (Å²) in [4.78, 5) is 1.46. The van der Waals surface area contributed by atoms with Gasteiger partial charge in [0.1, 0.15) is 18.8 Å². The Morgan fingerprint density at radius 2 is 1.36 bits per heavy atom. The van der Waals surface area contributed by atoms with Crippen LogP contribution in [0.25, 0.3) is 0 Å². The van der Waals surface area contributed by atoms with Crippen LogP contribution in [0.15, 0.2) is 48.5 Å². The highest BCUT2D eigenvalue weighted by Crippen LogP contribution is 2.28. The molecule has 3 rings (SSSR count). The van der Waals surface area contributed by atoms with E-state index in [4.69, 9.17) is 27.9 Å². The second kappa shape index (κ2) is 9.02.